The van der Waals surface area contributed by atoms with Gasteiger partial charge in [0.2, 0.25) is 0 Å². The summed E-state index contributed by atoms with van der Waals surface area (Å²) >= 11 is 0. The summed E-state index contributed by atoms with van der Waals surface area (Å²) in [7, 11) is 0. The quantitative estimate of drug-likeness (QED) is 0.336. The Morgan fingerprint density at radius 2 is 0.500 bits per heavy atom. The SMILES string of the molecule is Cl.[Cl-].[Cl-].[Cl-].[Cl-].[Cl-].[Ir].[Na+]. The molecule has 0 saturated heterocycles. The molecule has 8 heavy (non-hydrogen) atoms. The predicted molar refractivity (Wildman–Crippen MR) is 7.25 cm³/mol. The number of hydrogen-bond donors (Lipinski definition) is 0. The molecule has 0 amide bonds. The zero-order valence-electron chi connectivity index (χ0n) is 3.63. The molecule has 0 heterocycles. The van der Waals surface area contributed by atoms with Crippen LogP contribution in [0.25, 0.3) is 0 Å². The molecule has 0 aromatic heterocycles. The van der Waals surface area contributed by atoms with Crippen molar-refractivity contribution < 1.29 is 112 Å². The van der Waals surface area contributed by atoms with Crippen LogP contribution >= 0.6 is 12.4 Å². The molecule has 0 unspecified atom stereocenters. The summed E-state index contributed by atoms with van der Waals surface area (Å²) in [5.74, 6) is 0. The summed E-state index contributed by atoms with van der Waals surface area (Å²) < 4.78 is 0. The smallest absolute Gasteiger partial charge is 1.00 e. The van der Waals surface area contributed by atoms with Gasteiger partial charge in [-0.3, -0.25) is 0 Å². The Morgan fingerprint density at radius 3 is 0.500 bits per heavy atom. The zero-order chi connectivity index (χ0) is 0. The van der Waals surface area contributed by atoms with Crippen molar-refractivity contribution >= 4 is 12.4 Å². The maximum absolute atomic E-state index is 0. The summed E-state index contributed by atoms with van der Waals surface area (Å²) in [6, 6.07) is 0. The third-order valence-corrected chi connectivity index (χ3v) is 0. The second kappa shape index (κ2) is 79.7. The fourth-order valence-corrected chi connectivity index (χ4v) is 0. The maximum Gasteiger partial charge on any atom is 1.00 e. The second-order valence-corrected chi connectivity index (χ2v) is 0. The van der Waals surface area contributed by atoms with E-state index in [1.165, 1.54) is 0 Å². The minimum Gasteiger partial charge on any atom is -1.00 e. The Balaban J connectivity index is 0. The topological polar surface area (TPSA) is 0 Å². The van der Waals surface area contributed by atoms with Gasteiger partial charge in [-0.15, -0.1) is 12.4 Å². The molecular formula is HCl6IrNa-4. The molecule has 8 heteroatoms. The van der Waals surface area contributed by atoms with E-state index in [-0.39, 0.29) is 124 Å². The number of rotatable bonds is 0. The average molecular weight is 429 g/mol. The van der Waals surface area contributed by atoms with Crippen molar-refractivity contribution in [3.8, 4) is 0 Å². The summed E-state index contributed by atoms with van der Waals surface area (Å²) in [5, 5.41) is 0. The molecule has 0 atom stereocenters. The standard InChI is InChI=1S/6ClH.Ir.Na/h6*1H;;/q;;;;;;;+1/p-5. The summed E-state index contributed by atoms with van der Waals surface area (Å²) in [5.41, 5.74) is 0. The summed E-state index contributed by atoms with van der Waals surface area (Å²) in [6.07, 6.45) is 0. The molecule has 0 fully saturated rings. The molecule has 0 aliphatic carbocycles. The van der Waals surface area contributed by atoms with E-state index in [9.17, 15) is 0 Å². The van der Waals surface area contributed by atoms with Crippen LogP contribution in [-0.4, -0.2) is 0 Å². The van der Waals surface area contributed by atoms with Gasteiger partial charge in [0, 0.05) is 20.1 Å². The molecule has 0 saturated carbocycles. The van der Waals surface area contributed by atoms with Crippen LogP contribution in [0.15, 0.2) is 0 Å². The van der Waals surface area contributed by atoms with Crippen LogP contribution in [0.4, 0.5) is 0 Å². The van der Waals surface area contributed by atoms with Crippen molar-refractivity contribution in [2.24, 2.45) is 0 Å². The molecule has 0 aliphatic rings. The van der Waals surface area contributed by atoms with Gasteiger partial charge in [0.1, 0.15) is 0 Å². The zero-order valence-corrected chi connectivity index (χ0v) is 12.6. The Hall–Kier alpha value is 3.39. The first-order valence-corrected chi connectivity index (χ1v) is 0. The molecule has 57 valence electrons. The van der Waals surface area contributed by atoms with Gasteiger partial charge in [-0.2, -0.15) is 0 Å². The van der Waals surface area contributed by atoms with E-state index < -0.39 is 0 Å². The van der Waals surface area contributed by atoms with E-state index in [4.69, 9.17) is 0 Å². The third-order valence-electron chi connectivity index (χ3n) is 0. The van der Waals surface area contributed by atoms with E-state index in [1.807, 2.05) is 0 Å². The van der Waals surface area contributed by atoms with Crippen molar-refractivity contribution in [3.63, 3.8) is 0 Å². The first-order valence-electron chi connectivity index (χ1n) is 0. The Morgan fingerprint density at radius 1 is 0.500 bits per heavy atom. The summed E-state index contributed by atoms with van der Waals surface area (Å²) in [4.78, 5) is 0. The van der Waals surface area contributed by atoms with Crippen molar-refractivity contribution in [2.75, 3.05) is 0 Å². The Labute approximate surface area is 122 Å². The Kier molecular flexibility index (Phi) is 1070. The fraction of sp³-hybridized carbons (Fsp3) is 0. The molecule has 0 N–H and O–H groups in total. The molecule has 0 rings (SSSR count). The van der Waals surface area contributed by atoms with Gasteiger partial charge < -0.3 is 62.0 Å². The molecule has 0 aromatic carbocycles. The van der Waals surface area contributed by atoms with Crippen molar-refractivity contribution in [1.29, 1.82) is 0 Å². The fourth-order valence-electron chi connectivity index (χ4n) is 0. The van der Waals surface area contributed by atoms with Crippen LogP contribution < -0.4 is 91.6 Å². The number of hydrogen-bond acceptors (Lipinski definition) is 0. The van der Waals surface area contributed by atoms with E-state index in [2.05, 4.69) is 0 Å². The van der Waals surface area contributed by atoms with Gasteiger partial charge >= 0.3 is 29.6 Å². The van der Waals surface area contributed by atoms with Crippen LogP contribution in [0.5, 0.6) is 0 Å². The predicted octanol–water partition coefficient (Wildman–Crippen LogP) is -17.6. The van der Waals surface area contributed by atoms with Gasteiger partial charge in [-0.25, -0.2) is 0 Å². The third kappa shape index (κ3) is 57.5. The first kappa shape index (κ1) is 107. The van der Waals surface area contributed by atoms with Crippen LogP contribution in [0.1, 0.15) is 0 Å². The van der Waals surface area contributed by atoms with Gasteiger partial charge in [0.05, 0.1) is 0 Å². The van der Waals surface area contributed by atoms with Crippen molar-refractivity contribution in [3.05, 3.63) is 0 Å². The monoisotopic (exact) mass is 427 g/mol. The average Bonchev–Trinajstić information content (AvgIpc) is 0. The Bertz CT molecular complexity index is 8.49. The van der Waals surface area contributed by atoms with E-state index in [1.54, 1.807) is 0 Å². The first-order chi connectivity index (χ1) is 0. The number of halogens is 6. The molecule has 0 nitrogen and oxygen atoms in total. The molecule has 0 aliphatic heterocycles. The van der Waals surface area contributed by atoms with Crippen LogP contribution in [-0.2, 0) is 20.1 Å². The summed E-state index contributed by atoms with van der Waals surface area (Å²) in [6.45, 7) is 0. The van der Waals surface area contributed by atoms with E-state index in [0.29, 0.717) is 0 Å². The van der Waals surface area contributed by atoms with Crippen molar-refractivity contribution in [2.45, 2.75) is 0 Å². The van der Waals surface area contributed by atoms with Crippen LogP contribution in [0.2, 0.25) is 0 Å². The van der Waals surface area contributed by atoms with E-state index >= 15 is 0 Å². The molecular weight excluding hydrogens is 428 g/mol. The van der Waals surface area contributed by atoms with E-state index in [0.717, 1.165) is 0 Å². The minimum absolute atomic E-state index is 0. The van der Waals surface area contributed by atoms with Gasteiger partial charge in [-0.05, 0) is 0 Å². The molecule has 0 aromatic rings. The molecule has 0 bridgehead atoms. The molecule has 1 radical (unpaired) electrons. The maximum atomic E-state index is 0. The van der Waals surface area contributed by atoms with Crippen LogP contribution in [0.3, 0.4) is 0 Å². The van der Waals surface area contributed by atoms with Crippen molar-refractivity contribution in [1.82, 2.24) is 0 Å². The van der Waals surface area contributed by atoms with Gasteiger partial charge in [0.15, 0.2) is 0 Å². The van der Waals surface area contributed by atoms with Gasteiger partial charge in [-0.1, -0.05) is 0 Å². The largest absolute Gasteiger partial charge is 1.00 e. The second-order valence-electron chi connectivity index (χ2n) is 0. The minimum atomic E-state index is 0. The molecule has 0 spiro atoms. The van der Waals surface area contributed by atoms with Crippen LogP contribution in [0, 0.1) is 0 Å². The normalized spacial score (nSPS) is 0. The van der Waals surface area contributed by atoms with Gasteiger partial charge in [0.25, 0.3) is 0 Å².